The zero-order valence-electron chi connectivity index (χ0n) is 12.4. The summed E-state index contributed by atoms with van der Waals surface area (Å²) in [6, 6.07) is 15.3. The van der Waals surface area contributed by atoms with Gasteiger partial charge in [0.15, 0.2) is 6.61 Å². The molecule has 5 nitrogen and oxygen atoms in total. The van der Waals surface area contributed by atoms with Crippen LogP contribution >= 0.6 is 0 Å². The van der Waals surface area contributed by atoms with Gasteiger partial charge >= 0.3 is 0 Å². The Bertz CT molecular complexity index is 733. The number of aromatic nitrogens is 2. The van der Waals surface area contributed by atoms with Gasteiger partial charge in [-0.3, -0.25) is 0 Å². The van der Waals surface area contributed by atoms with Crippen LogP contribution in [0.3, 0.4) is 0 Å². The molecule has 0 spiro atoms. The smallest absolute Gasteiger partial charge is 0.264 e. The average Bonchev–Trinajstić information content (AvgIpc) is 3.03. The minimum absolute atomic E-state index is 0.242. The highest BCUT2D eigenvalue weighted by atomic mass is 16.5. The quantitative estimate of drug-likeness (QED) is 0.719. The van der Waals surface area contributed by atoms with Crippen molar-refractivity contribution in [2.45, 2.75) is 13.5 Å². The fourth-order valence-corrected chi connectivity index (χ4v) is 1.95. The van der Waals surface area contributed by atoms with E-state index in [2.05, 4.69) is 10.1 Å². The highest BCUT2D eigenvalue weighted by molar-refractivity contribution is 5.55. The topological polar surface area (TPSA) is 57.4 Å². The van der Waals surface area contributed by atoms with E-state index in [1.54, 1.807) is 7.11 Å². The van der Waals surface area contributed by atoms with Crippen molar-refractivity contribution in [1.29, 1.82) is 0 Å². The monoisotopic (exact) mass is 296 g/mol. The first-order chi connectivity index (χ1) is 10.7. The number of nitrogens with zero attached hydrogens (tertiary/aromatic N) is 2. The summed E-state index contributed by atoms with van der Waals surface area (Å²) in [4.78, 5) is 4.33. The van der Waals surface area contributed by atoms with Crippen molar-refractivity contribution in [2.75, 3.05) is 7.11 Å². The largest absolute Gasteiger partial charge is 0.497 e. The molecule has 0 aliphatic heterocycles. The molecule has 0 N–H and O–H groups in total. The SMILES string of the molecule is COc1ccc(-c2noc(COc3ccc(C)cc3)n2)cc1. The summed E-state index contributed by atoms with van der Waals surface area (Å²) in [5, 5.41) is 3.96. The third kappa shape index (κ3) is 3.25. The van der Waals surface area contributed by atoms with Crippen molar-refractivity contribution in [3.63, 3.8) is 0 Å². The third-order valence-electron chi connectivity index (χ3n) is 3.20. The van der Waals surface area contributed by atoms with E-state index in [0.717, 1.165) is 17.1 Å². The number of benzene rings is 2. The van der Waals surface area contributed by atoms with Crippen LogP contribution in [0.2, 0.25) is 0 Å². The van der Waals surface area contributed by atoms with Crippen molar-refractivity contribution in [2.24, 2.45) is 0 Å². The second-order valence-electron chi connectivity index (χ2n) is 4.84. The lowest BCUT2D eigenvalue weighted by Crippen LogP contribution is -1.95. The zero-order chi connectivity index (χ0) is 15.4. The third-order valence-corrected chi connectivity index (χ3v) is 3.20. The molecular formula is C17H16N2O3. The highest BCUT2D eigenvalue weighted by Crippen LogP contribution is 2.20. The Kier molecular flexibility index (Phi) is 4.05. The maximum Gasteiger partial charge on any atom is 0.264 e. The normalized spacial score (nSPS) is 10.5. The first kappa shape index (κ1) is 14.1. The fraction of sp³-hybridized carbons (Fsp3) is 0.176. The Morgan fingerprint density at radius 1 is 0.955 bits per heavy atom. The average molecular weight is 296 g/mol. The van der Waals surface area contributed by atoms with Crippen molar-refractivity contribution < 1.29 is 14.0 Å². The van der Waals surface area contributed by atoms with Crippen LogP contribution in [0.15, 0.2) is 53.1 Å². The van der Waals surface area contributed by atoms with Crippen LogP contribution in [0.25, 0.3) is 11.4 Å². The molecule has 0 atom stereocenters. The first-order valence-electron chi connectivity index (χ1n) is 6.91. The Hall–Kier alpha value is -2.82. The number of aryl methyl sites for hydroxylation is 1. The van der Waals surface area contributed by atoms with Gasteiger partial charge in [0, 0.05) is 5.56 Å². The second kappa shape index (κ2) is 6.30. The van der Waals surface area contributed by atoms with Gasteiger partial charge < -0.3 is 14.0 Å². The maximum absolute atomic E-state index is 5.62. The standard InChI is InChI=1S/C17H16N2O3/c1-12-3-7-15(8-4-12)21-11-16-18-17(19-22-16)13-5-9-14(20-2)10-6-13/h3-10H,11H2,1-2H3. The summed E-state index contributed by atoms with van der Waals surface area (Å²) in [5.41, 5.74) is 2.05. The van der Waals surface area contributed by atoms with Crippen LogP contribution in [0, 0.1) is 6.92 Å². The van der Waals surface area contributed by atoms with E-state index in [1.165, 1.54) is 5.56 Å². The lowest BCUT2D eigenvalue weighted by Gasteiger charge is -2.02. The van der Waals surface area contributed by atoms with E-state index < -0.39 is 0 Å². The molecule has 0 aliphatic carbocycles. The Morgan fingerprint density at radius 3 is 2.32 bits per heavy atom. The van der Waals surface area contributed by atoms with E-state index in [9.17, 15) is 0 Å². The number of hydrogen-bond donors (Lipinski definition) is 0. The molecule has 3 rings (SSSR count). The molecule has 0 radical (unpaired) electrons. The van der Waals surface area contributed by atoms with Crippen molar-refractivity contribution in [1.82, 2.24) is 10.1 Å². The van der Waals surface area contributed by atoms with Crippen LogP contribution < -0.4 is 9.47 Å². The molecule has 0 fully saturated rings. The predicted octanol–water partition coefficient (Wildman–Crippen LogP) is 3.63. The lowest BCUT2D eigenvalue weighted by atomic mass is 10.2. The number of hydrogen-bond acceptors (Lipinski definition) is 5. The van der Waals surface area contributed by atoms with Crippen molar-refractivity contribution >= 4 is 0 Å². The number of ether oxygens (including phenoxy) is 2. The van der Waals surface area contributed by atoms with Crippen LogP contribution in [-0.4, -0.2) is 17.3 Å². The van der Waals surface area contributed by atoms with Gasteiger partial charge in [0.25, 0.3) is 5.89 Å². The summed E-state index contributed by atoms with van der Waals surface area (Å²) in [5.74, 6) is 2.53. The fourth-order valence-electron chi connectivity index (χ4n) is 1.95. The molecule has 0 aliphatic rings. The van der Waals surface area contributed by atoms with Crippen molar-refractivity contribution in [3.05, 3.63) is 60.0 Å². The summed E-state index contributed by atoms with van der Waals surface area (Å²) in [6.07, 6.45) is 0. The molecule has 1 heterocycles. The molecule has 22 heavy (non-hydrogen) atoms. The molecule has 112 valence electrons. The molecular weight excluding hydrogens is 280 g/mol. The van der Waals surface area contributed by atoms with Crippen LogP contribution in [0.4, 0.5) is 0 Å². The highest BCUT2D eigenvalue weighted by Gasteiger charge is 2.09. The van der Waals surface area contributed by atoms with Gasteiger partial charge in [-0.15, -0.1) is 0 Å². The van der Waals surface area contributed by atoms with Gasteiger partial charge in [-0.1, -0.05) is 22.9 Å². The molecule has 2 aromatic carbocycles. The Balaban J connectivity index is 1.66. The molecule has 3 aromatic rings. The molecule has 0 saturated carbocycles. The molecule has 5 heteroatoms. The molecule has 0 bridgehead atoms. The number of methoxy groups -OCH3 is 1. The van der Waals surface area contributed by atoms with Crippen molar-refractivity contribution in [3.8, 4) is 22.9 Å². The molecule has 0 amide bonds. The van der Waals surface area contributed by atoms with Gasteiger partial charge in [-0.2, -0.15) is 4.98 Å². The van der Waals surface area contributed by atoms with Gasteiger partial charge in [0.1, 0.15) is 11.5 Å². The molecule has 1 aromatic heterocycles. The van der Waals surface area contributed by atoms with E-state index >= 15 is 0 Å². The Morgan fingerprint density at radius 2 is 1.64 bits per heavy atom. The second-order valence-corrected chi connectivity index (χ2v) is 4.84. The molecule has 0 unspecified atom stereocenters. The maximum atomic E-state index is 5.62. The summed E-state index contributed by atoms with van der Waals surface area (Å²) in [7, 11) is 1.63. The van der Waals surface area contributed by atoms with E-state index in [4.69, 9.17) is 14.0 Å². The van der Waals surface area contributed by atoms with Gasteiger partial charge in [-0.25, -0.2) is 0 Å². The lowest BCUT2D eigenvalue weighted by molar-refractivity contribution is 0.243. The van der Waals surface area contributed by atoms with Gasteiger partial charge in [0.2, 0.25) is 5.82 Å². The van der Waals surface area contributed by atoms with E-state index in [-0.39, 0.29) is 6.61 Å². The van der Waals surface area contributed by atoms with E-state index in [0.29, 0.717) is 11.7 Å². The van der Waals surface area contributed by atoms with Crippen LogP contribution in [0.5, 0.6) is 11.5 Å². The van der Waals surface area contributed by atoms with Gasteiger partial charge in [-0.05, 0) is 43.3 Å². The first-order valence-corrected chi connectivity index (χ1v) is 6.91. The number of rotatable bonds is 5. The summed E-state index contributed by atoms with van der Waals surface area (Å²) < 4.78 is 15.9. The minimum atomic E-state index is 0.242. The predicted molar refractivity (Wildman–Crippen MR) is 81.8 cm³/mol. The Labute approximate surface area is 128 Å². The van der Waals surface area contributed by atoms with Crippen LogP contribution in [0.1, 0.15) is 11.5 Å². The minimum Gasteiger partial charge on any atom is -0.497 e. The zero-order valence-corrected chi connectivity index (χ0v) is 12.4. The van der Waals surface area contributed by atoms with E-state index in [1.807, 2.05) is 55.5 Å². The summed E-state index contributed by atoms with van der Waals surface area (Å²) >= 11 is 0. The van der Waals surface area contributed by atoms with Gasteiger partial charge in [0.05, 0.1) is 7.11 Å². The summed E-state index contributed by atoms with van der Waals surface area (Å²) in [6.45, 7) is 2.27. The van der Waals surface area contributed by atoms with Crippen LogP contribution in [-0.2, 0) is 6.61 Å². The molecule has 0 saturated heterocycles.